The van der Waals surface area contributed by atoms with E-state index in [1.165, 1.54) is 11.1 Å². The SMILES string of the molecule is Cc1nc2ccc(-c3ccc4oc(C)cc4c3)cc2[nH]1. The number of nitrogens with zero attached hydrogens (tertiary/aromatic N) is 1. The van der Waals surface area contributed by atoms with Crippen LogP contribution in [0.5, 0.6) is 0 Å². The molecule has 0 unspecified atom stereocenters. The van der Waals surface area contributed by atoms with E-state index in [-0.39, 0.29) is 0 Å². The van der Waals surface area contributed by atoms with E-state index < -0.39 is 0 Å². The summed E-state index contributed by atoms with van der Waals surface area (Å²) in [5.74, 6) is 1.88. The number of aromatic amines is 1. The minimum absolute atomic E-state index is 0.935. The number of benzene rings is 2. The summed E-state index contributed by atoms with van der Waals surface area (Å²) in [6.07, 6.45) is 0. The molecule has 2 aromatic heterocycles. The molecule has 2 aromatic carbocycles. The number of imidazole rings is 1. The smallest absolute Gasteiger partial charge is 0.134 e. The molecule has 3 heteroatoms. The van der Waals surface area contributed by atoms with Crippen molar-refractivity contribution in [1.82, 2.24) is 9.97 Å². The summed E-state index contributed by atoms with van der Waals surface area (Å²) in [5, 5.41) is 1.14. The van der Waals surface area contributed by atoms with E-state index in [1.807, 2.05) is 19.9 Å². The third-order valence-electron chi connectivity index (χ3n) is 3.57. The zero-order chi connectivity index (χ0) is 13.7. The molecular weight excluding hydrogens is 248 g/mol. The predicted molar refractivity (Wildman–Crippen MR) is 80.8 cm³/mol. The molecule has 98 valence electrons. The Morgan fingerprint density at radius 3 is 2.65 bits per heavy atom. The molecule has 0 spiro atoms. The van der Waals surface area contributed by atoms with E-state index in [9.17, 15) is 0 Å². The zero-order valence-electron chi connectivity index (χ0n) is 11.4. The van der Waals surface area contributed by atoms with Gasteiger partial charge in [-0.1, -0.05) is 12.1 Å². The van der Waals surface area contributed by atoms with Crippen LogP contribution >= 0.6 is 0 Å². The standard InChI is InChI=1S/C17H14N2O/c1-10-7-14-8-12(4-6-17(14)20-10)13-3-5-15-16(9-13)19-11(2)18-15/h3-9H,1-2H3,(H,18,19). The molecule has 0 atom stereocenters. The van der Waals surface area contributed by atoms with Gasteiger partial charge in [0.1, 0.15) is 17.2 Å². The fraction of sp³-hybridized carbons (Fsp3) is 0.118. The number of nitrogens with one attached hydrogen (secondary N) is 1. The molecule has 20 heavy (non-hydrogen) atoms. The van der Waals surface area contributed by atoms with Crippen LogP contribution in [0.25, 0.3) is 33.1 Å². The largest absolute Gasteiger partial charge is 0.461 e. The Bertz CT molecular complexity index is 853. The highest BCUT2D eigenvalue weighted by molar-refractivity contribution is 5.87. The van der Waals surface area contributed by atoms with Gasteiger partial charge in [0, 0.05) is 5.39 Å². The molecule has 2 heterocycles. The van der Waals surface area contributed by atoms with Crippen LogP contribution in [0.15, 0.2) is 46.9 Å². The van der Waals surface area contributed by atoms with Gasteiger partial charge in [-0.2, -0.15) is 0 Å². The van der Waals surface area contributed by atoms with Gasteiger partial charge in [0.25, 0.3) is 0 Å². The number of hydrogen-bond donors (Lipinski definition) is 1. The van der Waals surface area contributed by atoms with E-state index in [0.717, 1.165) is 33.6 Å². The van der Waals surface area contributed by atoms with Crippen LogP contribution in [-0.4, -0.2) is 9.97 Å². The van der Waals surface area contributed by atoms with E-state index >= 15 is 0 Å². The summed E-state index contributed by atoms with van der Waals surface area (Å²) in [6, 6.07) is 14.7. The van der Waals surface area contributed by atoms with Crippen LogP contribution in [0, 0.1) is 13.8 Å². The molecule has 0 saturated carbocycles. The average molecular weight is 262 g/mol. The lowest BCUT2D eigenvalue weighted by Gasteiger charge is -2.01. The molecule has 4 aromatic rings. The van der Waals surface area contributed by atoms with Crippen LogP contribution in [0.2, 0.25) is 0 Å². The number of H-pyrrole nitrogens is 1. The van der Waals surface area contributed by atoms with Crippen molar-refractivity contribution in [3.8, 4) is 11.1 Å². The van der Waals surface area contributed by atoms with E-state index in [4.69, 9.17) is 4.42 Å². The Morgan fingerprint density at radius 1 is 0.950 bits per heavy atom. The fourth-order valence-corrected chi connectivity index (χ4v) is 2.67. The Morgan fingerprint density at radius 2 is 1.75 bits per heavy atom. The lowest BCUT2D eigenvalue weighted by molar-refractivity contribution is 0.578. The number of fused-ring (bicyclic) bond motifs is 2. The third-order valence-corrected chi connectivity index (χ3v) is 3.57. The first-order valence-corrected chi connectivity index (χ1v) is 6.66. The lowest BCUT2D eigenvalue weighted by Crippen LogP contribution is -1.78. The van der Waals surface area contributed by atoms with Crippen molar-refractivity contribution in [2.24, 2.45) is 0 Å². The van der Waals surface area contributed by atoms with Gasteiger partial charge in [-0.3, -0.25) is 0 Å². The summed E-state index contributed by atoms with van der Waals surface area (Å²) >= 11 is 0. The number of aromatic nitrogens is 2. The zero-order valence-corrected chi connectivity index (χ0v) is 11.4. The minimum atomic E-state index is 0.935. The van der Waals surface area contributed by atoms with E-state index in [1.54, 1.807) is 0 Å². The van der Waals surface area contributed by atoms with E-state index in [0.29, 0.717) is 0 Å². The molecule has 0 fully saturated rings. The normalized spacial score (nSPS) is 11.5. The van der Waals surface area contributed by atoms with Crippen LogP contribution in [0.4, 0.5) is 0 Å². The number of hydrogen-bond acceptors (Lipinski definition) is 2. The maximum atomic E-state index is 5.62. The maximum Gasteiger partial charge on any atom is 0.134 e. The van der Waals surface area contributed by atoms with Gasteiger partial charge in [0.2, 0.25) is 0 Å². The van der Waals surface area contributed by atoms with Gasteiger partial charge >= 0.3 is 0 Å². The lowest BCUT2D eigenvalue weighted by atomic mass is 10.0. The number of furan rings is 1. The third kappa shape index (κ3) is 1.71. The van der Waals surface area contributed by atoms with Crippen LogP contribution in [-0.2, 0) is 0 Å². The van der Waals surface area contributed by atoms with E-state index in [2.05, 4.69) is 46.4 Å². The van der Waals surface area contributed by atoms with Gasteiger partial charge < -0.3 is 9.40 Å². The first-order chi connectivity index (χ1) is 9.69. The molecule has 0 radical (unpaired) electrons. The van der Waals surface area contributed by atoms with Crippen molar-refractivity contribution in [3.05, 3.63) is 54.0 Å². The predicted octanol–water partition coefficient (Wildman–Crippen LogP) is 4.59. The highest BCUT2D eigenvalue weighted by Crippen LogP contribution is 2.28. The molecule has 3 nitrogen and oxygen atoms in total. The Kier molecular flexibility index (Phi) is 2.24. The van der Waals surface area contributed by atoms with Crippen molar-refractivity contribution in [1.29, 1.82) is 0 Å². The van der Waals surface area contributed by atoms with Crippen molar-refractivity contribution in [3.63, 3.8) is 0 Å². The molecule has 0 aliphatic rings. The summed E-state index contributed by atoms with van der Waals surface area (Å²) < 4.78 is 5.62. The summed E-state index contributed by atoms with van der Waals surface area (Å²) in [5.41, 5.74) is 5.38. The van der Waals surface area contributed by atoms with Gasteiger partial charge in [0.05, 0.1) is 11.0 Å². The maximum absolute atomic E-state index is 5.62. The Balaban J connectivity index is 1.90. The number of aryl methyl sites for hydroxylation is 2. The van der Waals surface area contributed by atoms with Crippen molar-refractivity contribution >= 4 is 22.0 Å². The second kappa shape index (κ2) is 3.97. The summed E-state index contributed by atoms with van der Waals surface area (Å²) in [6.45, 7) is 3.94. The quantitative estimate of drug-likeness (QED) is 0.545. The number of rotatable bonds is 1. The van der Waals surface area contributed by atoms with Crippen LogP contribution in [0.1, 0.15) is 11.6 Å². The van der Waals surface area contributed by atoms with Gasteiger partial charge in [-0.05, 0) is 55.3 Å². The van der Waals surface area contributed by atoms with Crippen molar-refractivity contribution < 1.29 is 4.42 Å². The minimum Gasteiger partial charge on any atom is -0.461 e. The molecule has 0 aliphatic heterocycles. The van der Waals surface area contributed by atoms with Crippen LogP contribution < -0.4 is 0 Å². The monoisotopic (exact) mass is 262 g/mol. The first-order valence-electron chi connectivity index (χ1n) is 6.66. The van der Waals surface area contributed by atoms with Gasteiger partial charge in [-0.15, -0.1) is 0 Å². The highest BCUT2D eigenvalue weighted by atomic mass is 16.3. The molecule has 0 bridgehead atoms. The first kappa shape index (κ1) is 11.3. The summed E-state index contributed by atoms with van der Waals surface area (Å²) in [7, 11) is 0. The highest BCUT2D eigenvalue weighted by Gasteiger charge is 2.06. The second-order valence-electron chi connectivity index (χ2n) is 5.16. The molecule has 1 N–H and O–H groups in total. The Hall–Kier alpha value is -2.55. The average Bonchev–Trinajstić information content (AvgIpc) is 2.97. The van der Waals surface area contributed by atoms with Crippen molar-refractivity contribution in [2.45, 2.75) is 13.8 Å². The second-order valence-corrected chi connectivity index (χ2v) is 5.16. The Labute approximate surface area is 116 Å². The van der Waals surface area contributed by atoms with Gasteiger partial charge in [0.15, 0.2) is 0 Å². The van der Waals surface area contributed by atoms with Crippen molar-refractivity contribution in [2.75, 3.05) is 0 Å². The van der Waals surface area contributed by atoms with Gasteiger partial charge in [-0.25, -0.2) is 4.98 Å². The topological polar surface area (TPSA) is 41.8 Å². The molecule has 0 amide bonds. The fourth-order valence-electron chi connectivity index (χ4n) is 2.67. The molecule has 0 aliphatic carbocycles. The summed E-state index contributed by atoms with van der Waals surface area (Å²) in [4.78, 5) is 7.71. The molecule has 4 rings (SSSR count). The molecule has 0 saturated heterocycles. The van der Waals surface area contributed by atoms with Crippen LogP contribution in [0.3, 0.4) is 0 Å². The molecular formula is C17H14N2O.